The average Bonchev–Trinajstić information content (AvgIpc) is 2.30. The van der Waals surface area contributed by atoms with Gasteiger partial charge < -0.3 is 0 Å². The summed E-state index contributed by atoms with van der Waals surface area (Å²) in [5, 5.41) is 0. The Labute approximate surface area is 102 Å². The van der Waals surface area contributed by atoms with E-state index in [1.165, 1.54) is 14.2 Å². The second-order valence-corrected chi connectivity index (χ2v) is 14.8. The van der Waals surface area contributed by atoms with E-state index in [1.54, 1.807) is 0 Å². The minimum atomic E-state index is -1.89. The molecule has 0 aliphatic rings. The predicted octanol–water partition coefficient (Wildman–Crippen LogP) is 3.42. The van der Waals surface area contributed by atoms with Gasteiger partial charge in [-0.05, 0) is 0 Å². The molecule has 0 atom stereocenters. The van der Waals surface area contributed by atoms with Crippen molar-refractivity contribution in [1.29, 1.82) is 0 Å². The Kier molecular flexibility index (Phi) is 3.81. The van der Waals surface area contributed by atoms with Gasteiger partial charge >= 0.3 is 103 Å². The van der Waals surface area contributed by atoms with Crippen molar-refractivity contribution in [3.63, 3.8) is 0 Å². The SMILES string of the molecule is [CH3][Pb]([Cl])[c]1cccc(-c2ccccc2)c1. The Morgan fingerprint density at radius 3 is 2.20 bits per heavy atom. The third kappa shape index (κ3) is 2.82. The molecule has 75 valence electrons. The third-order valence-corrected chi connectivity index (χ3v) is 8.58. The van der Waals surface area contributed by atoms with E-state index in [2.05, 4.69) is 53.0 Å². The molecule has 0 spiro atoms. The van der Waals surface area contributed by atoms with Crippen molar-refractivity contribution in [3.05, 3.63) is 54.6 Å². The van der Waals surface area contributed by atoms with Crippen LogP contribution in [-0.2, 0) is 0 Å². The van der Waals surface area contributed by atoms with Gasteiger partial charge in [-0.1, -0.05) is 0 Å². The van der Waals surface area contributed by atoms with Gasteiger partial charge in [0.2, 0.25) is 0 Å². The second-order valence-electron chi connectivity index (χ2n) is 3.48. The van der Waals surface area contributed by atoms with Crippen LogP contribution < -0.4 is 3.12 Å². The van der Waals surface area contributed by atoms with Crippen molar-refractivity contribution in [1.82, 2.24) is 0 Å². The van der Waals surface area contributed by atoms with Crippen LogP contribution in [0.2, 0.25) is 4.48 Å². The normalized spacial score (nSPS) is 10.6. The molecule has 0 saturated heterocycles. The summed E-state index contributed by atoms with van der Waals surface area (Å²) in [5.41, 5.74) is 2.54. The first kappa shape index (κ1) is 11.1. The van der Waals surface area contributed by atoms with Gasteiger partial charge in [0.25, 0.3) is 0 Å². The van der Waals surface area contributed by atoms with Crippen molar-refractivity contribution in [2.24, 2.45) is 0 Å². The fourth-order valence-electron chi connectivity index (χ4n) is 1.54. The molecule has 0 saturated carbocycles. The van der Waals surface area contributed by atoms with E-state index in [9.17, 15) is 0 Å². The zero-order valence-corrected chi connectivity index (χ0v) is 13.2. The molecule has 2 aromatic carbocycles. The van der Waals surface area contributed by atoms with Crippen molar-refractivity contribution in [2.75, 3.05) is 0 Å². The molecule has 0 nitrogen and oxygen atoms in total. The van der Waals surface area contributed by atoms with E-state index in [-0.39, 0.29) is 0 Å². The number of hydrogen-bond acceptors (Lipinski definition) is 0. The predicted molar refractivity (Wildman–Crippen MR) is 69.0 cm³/mol. The molecule has 0 bridgehead atoms. The van der Waals surface area contributed by atoms with Crippen LogP contribution in [0.4, 0.5) is 0 Å². The van der Waals surface area contributed by atoms with E-state index in [0.717, 1.165) is 0 Å². The molecule has 2 rings (SSSR count). The van der Waals surface area contributed by atoms with Gasteiger partial charge in [-0.2, -0.15) is 0 Å². The van der Waals surface area contributed by atoms with Crippen LogP contribution in [0.3, 0.4) is 0 Å². The van der Waals surface area contributed by atoms with Gasteiger partial charge in [0.05, 0.1) is 0 Å². The van der Waals surface area contributed by atoms with Gasteiger partial charge in [0.1, 0.15) is 0 Å². The van der Waals surface area contributed by atoms with Gasteiger partial charge in [-0.15, -0.1) is 0 Å². The summed E-state index contributed by atoms with van der Waals surface area (Å²) in [6.45, 7) is 0. The monoisotopic (exact) mass is 411 g/mol. The molecule has 15 heavy (non-hydrogen) atoms. The molecule has 0 aromatic heterocycles. The van der Waals surface area contributed by atoms with Crippen LogP contribution in [0.5, 0.6) is 0 Å². The van der Waals surface area contributed by atoms with Crippen LogP contribution in [0.1, 0.15) is 0 Å². The fraction of sp³-hybridized carbons (Fsp3) is 0.0769. The standard InChI is InChI=1S/C12H9.CH3.ClH.Pb/c1-3-7-11(8-4-1)12-9-5-2-6-10-12;;;/h1-5,7-10H;1H3;1H;/q;;;+1/p-1. The quantitative estimate of drug-likeness (QED) is 0.665. The number of hydrogen-bond donors (Lipinski definition) is 0. The second kappa shape index (κ2) is 5.12. The van der Waals surface area contributed by atoms with Gasteiger partial charge in [0.15, 0.2) is 0 Å². The Hall–Kier alpha value is -0.348. The van der Waals surface area contributed by atoms with Gasteiger partial charge in [-0.25, -0.2) is 0 Å². The van der Waals surface area contributed by atoms with Crippen molar-refractivity contribution >= 4 is 32.9 Å². The topological polar surface area (TPSA) is 0 Å². The maximum absolute atomic E-state index is 6.28. The Bertz CT molecular complexity index is 437. The molecule has 0 unspecified atom stereocenters. The number of halogens is 1. The molecule has 2 aromatic rings. The van der Waals surface area contributed by atoms with Crippen LogP contribution in [0, 0.1) is 0 Å². The van der Waals surface area contributed by atoms with Gasteiger partial charge in [-0.3, -0.25) is 0 Å². The Morgan fingerprint density at radius 1 is 0.867 bits per heavy atom. The number of benzene rings is 2. The summed E-state index contributed by atoms with van der Waals surface area (Å²) in [6.07, 6.45) is 0. The summed E-state index contributed by atoms with van der Waals surface area (Å²) in [7, 11) is 6.28. The Balaban J connectivity index is 2.42. The first-order valence-electron chi connectivity index (χ1n) is 4.92. The van der Waals surface area contributed by atoms with E-state index < -0.39 is 21.5 Å². The maximum atomic E-state index is 6.28. The molecule has 0 heterocycles. The minimum absolute atomic E-state index is 1.27. The number of rotatable bonds is 2. The van der Waals surface area contributed by atoms with E-state index in [0.29, 0.717) is 0 Å². The molecular weight excluding hydrogens is 399 g/mol. The molecule has 0 N–H and O–H groups in total. The van der Waals surface area contributed by atoms with Crippen molar-refractivity contribution < 1.29 is 0 Å². The van der Waals surface area contributed by atoms with E-state index >= 15 is 0 Å². The molecule has 0 amide bonds. The van der Waals surface area contributed by atoms with Gasteiger partial charge in [0, 0.05) is 0 Å². The molecule has 2 heteroatoms. The molecule has 1 radical (unpaired) electrons. The average molecular weight is 411 g/mol. The zero-order chi connectivity index (χ0) is 10.7. The van der Waals surface area contributed by atoms with Crippen LogP contribution in [-0.4, -0.2) is 21.5 Å². The summed E-state index contributed by atoms with van der Waals surface area (Å²) in [6, 6.07) is 19.1. The first-order valence-corrected chi connectivity index (χ1v) is 15.5. The zero-order valence-electron chi connectivity index (χ0n) is 8.57. The fourth-order valence-corrected chi connectivity index (χ4v) is 5.22. The van der Waals surface area contributed by atoms with Crippen molar-refractivity contribution in [3.8, 4) is 11.1 Å². The molecule has 0 aliphatic carbocycles. The summed E-state index contributed by atoms with van der Waals surface area (Å²) in [5.74, 6) is 0. The molecule has 0 aliphatic heterocycles. The summed E-state index contributed by atoms with van der Waals surface area (Å²) < 4.78 is 3.58. The summed E-state index contributed by atoms with van der Waals surface area (Å²) in [4.78, 5) is 0. The van der Waals surface area contributed by atoms with E-state index in [4.69, 9.17) is 8.32 Å². The Morgan fingerprint density at radius 2 is 1.53 bits per heavy atom. The van der Waals surface area contributed by atoms with E-state index in [1.807, 2.05) is 6.07 Å². The van der Waals surface area contributed by atoms with Crippen LogP contribution in [0.15, 0.2) is 54.6 Å². The van der Waals surface area contributed by atoms with Crippen LogP contribution in [0.25, 0.3) is 11.1 Å². The van der Waals surface area contributed by atoms with Crippen LogP contribution >= 0.6 is 8.32 Å². The molecular formula is C13H12ClPb. The molecule has 0 fully saturated rings. The summed E-state index contributed by atoms with van der Waals surface area (Å²) >= 11 is -1.89. The first-order chi connectivity index (χ1) is 7.27. The third-order valence-electron chi connectivity index (χ3n) is 2.37. The van der Waals surface area contributed by atoms with Crippen molar-refractivity contribution in [2.45, 2.75) is 4.48 Å².